The summed E-state index contributed by atoms with van der Waals surface area (Å²) in [7, 11) is 4.02. The van der Waals surface area contributed by atoms with Crippen LogP contribution < -0.4 is 0 Å². The van der Waals surface area contributed by atoms with Crippen LogP contribution in [0, 0.1) is 0 Å². The van der Waals surface area contributed by atoms with Gasteiger partial charge in [0.05, 0.1) is 0 Å². The Bertz CT molecular complexity index is 92.9. The van der Waals surface area contributed by atoms with Gasteiger partial charge in [-0.05, 0) is 19.7 Å². The molecule has 0 saturated heterocycles. The molecule has 0 aliphatic carbocycles. The Morgan fingerprint density at radius 3 is 1.90 bits per heavy atom. The Labute approximate surface area is 65.0 Å². The quantitative estimate of drug-likeness (QED) is 0.545. The summed E-state index contributed by atoms with van der Waals surface area (Å²) in [5.74, 6) is 0. The van der Waals surface area contributed by atoms with Gasteiger partial charge >= 0.3 is 0 Å². The smallest absolute Gasteiger partial charge is 0.0221 e. The Balaban J connectivity index is 0. The predicted octanol–water partition coefficient (Wildman–Crippen LogP) is 2.32. The summed E-state index contributed by atoms with van der Waals surface area (Å²) in [4.78, 5) is 2.06. The van der Waals surface area contributed by atoms with Crippen molar-refractivity contribution in [3.63, 3.8) is 0 Å². The Morgan fingerprint density at radius 1 is 1.40 bits per heavy atom. The molecule has 0 aromatic heterocycles. The molecular formula is C9H19N. The first-order valence-electron chi connectivity index (χ1n) is 3.61. The van der Waals surface area contributed by atoms with E-state index in [-0.39, 0.29) is 0 Å². The number of rotatable bonds is 3. The molecule has 0 N–H and O–H groups in total. The molecule has 0 amide bonds. The number of nitrogens with zero attached hydrogens (tertiary/aromatic N) is 1. The van der Waals surface area contributed by atoms with E-state index in [2.05, 4.69) is 18.1 Å². The van der Waals surface area contributed by atoms with E-state index >= 15 is 0 Å². The van der Waals surface area contributed by atoms with Crippen molar-refractivity contribution in [2.45, 2.75) is 13.8 Å². The zero-order valence-electron chi connectivity index (χ0n) is 7.65. The van der Waals surface area contributed by atoms with Crippen molar-refractivity contribution in [3.05, 3.63) is 24.8 Å². The summed E-state index contributed by atoms with van der Waals surface area (Å²) in [5, 5.41) is 0. The van der Waals surface area contributed by atoms with Crippen LogP contribution in [0.25, 0.3) is 0 Å². The third-order valence-corrected chi connectivity index (χ3v) is 0.808. The molecule has 60 valence electrons. The number of hydrogen-bond donors (Lipinski definition) is 0. The monoisotopic (exact) mass is 141 g/mol. The number of likely N-dealkylation sites (N-methyl/N-ethyl adjacent to an activating group) is 1. The van der Waals surface area contributed by atoms with Crippen LogP contribution in [0.5, 0.6) is 0 Å². The average molecular weight is 141 g/mol. The predicted molar refractivity (Wildman–Crippen MR) is 49.2 cm³/mol. The Morgan fingerprint density at radius 2 is 1.80 bits per heavy atom. The van der Waals surface area contributed by atoms with Crippen LogP contribution >= 0.6 is 0 Å². The van der Waals surface area contributed by atoms with Crippen molar-refractivity contribution in [2.24, 2.45) is 0 Å². The highest BCUT2D eigenvalue weighted by Crippen LogP contribution is 1.90. The minimum atomic E-state index is 0.906. The SMILES string of the molecule is C=CC(=C)CN(C)C.CC. The molecule has 0 aromatic rings. The fourth-order valence-electron chi connectivity index (χ4n) is 0.471. The summed E-state index contributed by atoms with van der Waals surface area (Å²) in [6.07, 6.45) is 1.78. The van der Waals surface area contributed by atoms with Gasteiger partial charge in [0.1, 0.15) is 0 Å². The molecule has 0 rings (SSSR count). The molecule has 10 heavy (non-hydrogen) atoms. The molecule has 0 saturated carbocycles. The summed E-state index contributed by atoms with van der Waals surface area (Å²) in [5.41, 5.74) is 1.06. The van der Waals surface area contributed by atoms with Gasteiger partial charge in [-0.15, -0.1) is 0 Å². The highest BCUT2D eigenvalue weighted by Gasteiger charge is 1.87. The highest BCUT2D eigenvalue weighted by atomic mass is 15.0. The lowest BCUT2D eigenvalue weighted by Crippen LogP contribution is -2.13. The van der Waals surface area contributed by atoms with Crippen LogP contribution in [0.4, 0.5) is 0 Å². The summed E-state index contributed by atoms with van der Waals surface area (Å²) < 4.78 is 0. The van der Waals surface area contributed by atoms with E-state index in [1.807, 2.05) is 27.9 Å². The van der Waals surface area contributed by atoms with Crippen molar-refractivity contribution < 1.29 is 0 Å². The topological polar surface area (TPSA) is 3.24 Å². The molecule has 0 atom stereocenters. The van der Waals surface area contributed by atoms with Crippen molar-refractivity contribution in [1.82, 2.24) is 4.90 Å². The molecule has 1 heteroatoms. The maximum Gasteiger partial charge on any atom is 0.0221 e. The van der Waals surface area contributed by atoms with E-state index in [4.69, 9.17) is 0 Å². The van der Waals surface area contributed by atoms with Crippen molar-refractivity contribution >= 4 is 0 Å². The van der Waals surface area contributed by atoms with Gasteiger partial charge in [0.15, 0.2) is 0 Å². The third kappa shape index (κ3) is 10.4. The van der Waals surface area contributed by atoms with Gasteiger partial charge in [0.2, 0.25) is 0 Å². The summed E-state index contributed by atoms with van der Waals surface area (Å²) in [6.45, 7) is 12.2. The fraction of sp³-hybridized carbons (Fsp3) is 0.556. The van der Waals surface area contributed by atoms with Crippen LogP contribution in [0.15, 0.2) is 24.8 Å². The Kier molecular flexibility index (Phi) is 10.3. The third-order valence-electron chi connectivity index (χ3n) is 0.808. The van der Waals surface area contributed by atoms with Crippen LogP contribution in [0.2, 0.25) is 0 Å². The van der Waals surface area contributed by atoms with E-state index in [1.54, 1.807) is 6.08 Å². The maximum atomic E-state index is 3.75. The van der Waals surface area contributed by atoms with Crippen molar-refractivity contribution in [1.29, 1.82) is 0 Å². The van der Waals surface area contributed by atoms with Gasteiger partial charge in [0, 0.05) is 6.54 Å². The van der Waals surface area contributed by atoms with E-state index in [9.17, 15) is 0 Å². The molecule has 0 aromatic carbocycles. The fourth-order valence-corrected chi connectivity index (χ4v) is 0.471. The van der Waals surface area contributed by atoms with Gasteiger partial charge in [0.25, 0.3) is 0 Å². The van der Waals surface area contributed by atoms with Gasteiger partial charge in [-0.25, -0.2) is 0 Å². The molecule has 0 aliphatic rings. The molecule has 0 spiro atoms. The molecular weight excluding hydrogens is 122 g/mol. The normalized spacial score (nSPS) is 8.10. The van der Waals surface area contributed by atoms with Crippen LogP contribution in [-0.2, 0) is 0 Å². The van der Waals surface area contributed by atoms with Gasteiger partial charge in [-0.3, -0.25) is 0 Å². The molecule has 1 nitrogen and oxygen atoms in total. The lowest BCUT2D eigenvalue weighted by atomic mass is 10.3. The average Bonchev–Trinajstić information content (AvgIpc) is 1.91. The number of hydrogen-bond acceptors (Lipinski definition) is 1. The molecule has 0 fully saturated rings. The van der Waals surface area contributed by atoms with E-state index < -0.39 is 0 Å². The zero-order chi connectivity index (χ0) is 8.57. The molecule has 0 heterocycles. The molecule has 0 aliphatic heterocycles. The second-order valence-corrected chi connectivity index (χ2v) is 2.10. The Hall–Kier alpha value is -0.560. The van der Waals surface area contributed by atoms with E-state index in [1.165, 1.54) is 0 Å². The minimum Gasteiger partial charge on any atom is -0.305 e. The maximum absolute atomic E-state index is 3.75. The lowest BCUT2D eigenvalue weighted by molar-refractivity contribution is 0.449. The highest BCUT2D eigenvalue weighted by molar-refractivity contribution is 5.12. The molecule has 0 radical (unpaired) electrons. The van der Waals surface area contributed by atoms with Gasteiger partial charge in [-0.2, -0.15) is 0 Å². The van der Waals surface area contributed by atoms with Crippen molar-refractivity contribution in [3.8, 4) is 0 Å². The van der Waals surface area contributed by atoms with Crippen LogP contribution in [0.1, 0.15) is 13.8 Å². The molecule has 0 bridgehead atoms. The first-order valence-corrected chi connectivity index (χ1v) is 3.61. The first-order chi connectivity index (χ1) is 4.66. The summed E-state index contributed by atoms with van der Waals surface area (Å²) in [6, 6.07) is 0. The van der Waals surface area contributed by atoms with Crippen LogP contribution in [0.3, 0.4) is 0 Å². The lowest BCUT2D eigenvalue weighted by Gasteiger charge is -2.07. The van der Waals surface area contributed by atoms with Crippen LogP contribution in [-0.4, -0.2) is 25.5 Å². The van der Waals surface area contributed by atoms with Crippen molar-refractivity contribution in [2.75, 3.05) is 20.6 Å². The minimum absolute atomic E-state index is 0.906. The molecule has 0 unspecified atom stereocenters. The van der Waals surface area contributed by atoms with Gasteiger partial charge < -0.3 is 4.90 Å². The first kappa shape index (κ1) is 12.1. The largest absolute Gasteiger partial charge is 0.305 e. The summed E-state index contributed by atoms with van der Waals surface area (Å²) >= 11 is 0. The standard InChI is InChI=1S/C7H13N.C2H6/c1-5-7(2)6-8(3)4;1-2/h5H,1-2,6H2,3-4H3;1-2H3. The second kappa shape index (κ2) is 8.44. The zero-order valence-corrected chi connectivity index (χ0v) is 7.65. The second-order valence-electron chi connectivity index (χ2n) is 2.10. The van der Waals surface area contributed by atoms with Gasteiger partial charge in [-0.1, -0.05) is 33.1 Å². The van der Waals surface area contributed by atoms with E-state index in [0.29, 0.717) is 0 Å². The van der Waals surface area contributed by atoms with E-state index in [0.717, 1.165) is 12.1 Å².